The fraction of sp³-hybridized carbons (Fsp3) is 0.533. The molecule has 2 rings (SSSR count). The van der Waals surface area contributed by atoms with Crippen LogP contribution in [0.3, 0.4) is 0 Å². The van der Waals surface area contributed by atoms with Crippen LogP contribution in [0.15, 0.2) is 30.3 Å². The van der Waals surface area contributed by atoms with Gasteiger partial charge in [0.2, 0.25) is 0 Å². The van der Waals surface area contributed by atoms with Crippen LogP contribution in [0.2, 0.25) is 0 Å². The van der Waals surface area contributed by atoms with Crippen molar-refractivity contribution in [2.45, 2.75) is 6.92 Å². The van der Waals surface area contributed by atoms with Crippen LogP contribution in [0.5, 0.6) is 5.75 Å². The largest absolute Gasteiger partial charge is 0.488 e. The van der Waals surface area contributed by atoms with Crippen LogP contribution < -0.4 is 15.0 Å². The van der Waals surface area contributed by atoms with Crippen molar-refractivity contribution in [2.24, 2.45) is 0 Å². The van der Waals surface area contributed by atoms with Crippen molar-refractivity contribution < 1.29 is 9.64 Å². The minimum atomic E-state index is 0.775. The monoisotopic (exact) mass is 294 g/mol. The van der Waals surface area contributed by atoms with Crippen molar-refractivity contribution in [1.82, 2.24) is 10.2 Å². The molecule has 1 aromatic rings. The standard InChI is InChI=1S/C15H23N3OS/c1-2-16-15(20)18-10-8-17(9-11-18)12-13-19-14-6-4-3-5-7-14/h3-7H,2,8-13H2,1H3,(H,16,20)/p+1. The number of para-hydroxylation sites is 1. The minimum absolute atomic E-state index is 0.775. The smallest absolute Gasteiger partial charge is 0.169 e. The first-order valence-corrected chi connectivity index (χ1v) is 7.74. The third-order valence-corrected chi connectivity index (χ3v) is 3.96. The molecule has 0 atom stereocenters. The molecule has 0 radical (unpaired) electrons. The van der Waals surface area contributed by atoms with E-state index in [0.29, 0.717) is 0 Å². The number of thiocarbonyl (C=S) groups is 1. The van der Waals surface area contributed by atoms with Gasteiger partial charge in [0, 0.05) is 6.54 Å². The predicted molar refractivity (Wildman–Crippen MR) is 85.3 cm³/mol. The number of nitrogens with one attached hydrogen (secondary N) is 2. The third-order valence-electron chi connectivity index (χ3n) is 3.55. The van der Waals surface area contributed by atoms with Gasteiger partial charge in [0.05, 0.1) is 26.2 Å². The quantitative estimate of drug-likeness (QED) is 0.757. The molecule has 2 N–H and O–H groups in total. The first kappa shape index (κ1) is 15.1. The lowest BCUT2D eigenvalue weighted by Crippen LogP contribution is -3.15. The van der Waals surface area contributed by atoms with Gasteiger partial charge in [-0.05, 0) is 31.3 Å². The highest BCUT2D eigenvalue weighted by Crippen LogP contribution is 2.07. The van der Waals surface area contributed by atoms with E-state index in [-0.39, 0.29) is 0 Å². The normalized spacial score (nSPS) is 15.9. The summed E-state index contributed by atoms with van der Waals surface area (Å²) in [7, 11) is 0. The summed E-state index contributed by atoms with van der Waals surface area (Å²) in [6.45, 7) is 9.13. The van der Waals surface area contributed by atoms with Gasteiger partial charge in [-0.15, -0.1) is 0 Å². The second-order valence-corrected chi connectivity index (χ2v) is 5.37. The Hall–Kier alpha value is -1.33. The van der Waals surface area contributed by atoms with Crippen LogP contribution in [0.1, 0.15) is 6.92 Å². The molecule has 0 bridgehead atoms. The van der Waals surface area contributed by atoms with Crippen LogP contribution in [-0.4, -0.2) is 55.9 Å². The summed E-state index contributed by atoms with van der Waals surface area (Å²) in [4.78, 5) is 3.86. The summed E-state index contributed by atoms with van der Waals surface area (Å²) in [6, 6.07) is 10.0. The maximum Gasteiger partial charge on any atom is 0.169 e. The molecular weight excluding hydrogens is 270 g/mol. The number of hydrogen-bond donors (Lipinski definition) is 2. The highest BCUT2D eigenvalue weighted by Gasteiger charge is 2.20. The molecule has 1 aromatic carbocycles. The van der Waals surface area contributed by atoms with E-state index in [0.717, 1.165) is 56.7 Å². The van der Waals surface area contributed by atoms with E-state index >= 15 is 0 Å². The Balaban J connectivity index is 1.63. The van der Waals surface area contributed by atoms with E-state index < -0.39 is 0 Å². The maximum atomic E-state index is 5.75. The SMILES string of the molecule is CCNC(=S)N1CC[NH+](CCOc2ccccc2)CC1. The summed E-state index contributed by atoms with van der Waals surface area (Å²) in [5, 5.41) is 4.11. The van der Waals surface area contributed by atoms with Crippen molar-refractivity contribution in [3.63, 3.8) is 0 Å². The number of piperazine rings is 1. The van der Waals surface area contributed by atoms with Gasteiger partial charge in [0.15, 0.2) is 5.11 Å². The van der Waals surface area contributed by atoms with Crippen LogP contribution >= 0.6 is 12.2 Å². The summed E-state index contributed by atoms with van der Waals surface area (Å²) in [6.07, 6.45) is 0. The number of rotatable bonds is 5. The summed E-state index contributed by atoms with van der Waals surface area (Å²) >= 11 is 5.34. The Bertz CT molecular complexity index is 405. The Labute approximate surface area is 126 Å². The highest BCUT2D eigenvalue weighted by molar-refractivity contribution is 7.80. The Kier molecular flexibility index (Phi) is 6.08. The van der Waals surface area contributed by atoms with Gasteiger partial charge in [-0.1, -0.05) is 18.2 Å². The van der Waals surface area contributed by atoms with Crippen molar-refractivity contribution >= 4 is 17.3 Å². The molecule has 20 heavy (non-hydrogen) atoms. The van der Waals surface area contributed by atoms with E-state index in [2.05, 4.69) is 17.1 Å². The zero-order valence-corrected chi connectivity index (χ0v) is 12.9. The molecule has 0 aliphatic carbocycles. The molecule has 0 saturated carbocycles. The minimum Gasteiger partial charge on any atom is -0.488 e. The number of ether oxygens (including phenoxy) is 1. The number of quaternary nitrogens is 1. The van der Waals surface area contributed by atoms with Gasteiger partial charge in [-0.25, -0.2) is 0 Å². The highest BCUT2D eigenvalue weighted by atomic mass is 32.1. The van der Waals surface area contributed by atoms with Gasteiger partial charge in [-0.3, -0.25) is 0 Å². The molecule has 1 saturated heterocycles. The second kappa shape index (κ2) is 8.07. The van der Waals surface area contributed by atoms with Gasteiger partial charge in [0.25, 0.3) is 0 Å². The zero-order valence-electron chi connectivity index (χ0n) is 12.1. The summed E-state index contributed by atoms with van der Waals surface area (Å²) in [5.41, 5.74) is 0. The lowest BCUT2D eigenvalue weighted by atomic mass is 10.3. The van der Waals surface area contributed by atoms with Crippen LogP contribution in [0, 0.1) is 0 Å². The molecule has 1 fully saturated rings. The van der Waals surface area contributed by atoms with Gasteiger partial charge >= 0.3 is 0 Å². The number of nitrogens with zero attached hydrogens (tertiary/aromatic N) is 1. The molecule has 0 amide bonds. The van der Waals surface area contributed by atoms with Crippen molar-refractivity contribution in [3.8, 4) is 5.75 Å². The molecule has 1 heterocycles. The molecule has 1 aliphatic heterocycles. The summed E-state index contributed by atoms with van der Waals surface area (Å²) < 4.78 is 5.75. The van der Waals surface area contributed by atoms with Crippen LogP contribution in [0.4, 0.5) is 0 Å². The van der Waals surface area contributed by atoms with Gasteiger partial charge in [-0.2, -0.15) is 0 Å². The second-order valence-electron chi connectivity index (χ2n) is 4.98. The lowest BCUT2D eigenvalue weighted by molar-refractivity contribution is -0.903. The topological polar surface area (TPSA) is 28.9 Å². The Morgan fingerprint density at radius 1 is 1.30 bits per heavy atom. The first-order valence-electron chi connectivity index (χ1n) is 7.33. The van der Waals surface area contributed by atoms with Crippen LogP contribution in [0.25, 0.3) is 0 Å². The third kappa shape index (κ3) is 4.65. The Morgan fingerprint density at radius 3 is 2.65 bits per heavy atom. The predicted octanol–water partition coefficient (Wildman–Crippen LogP) is 0.160. The van der Waals surface area contributed by atoms with E-state index in [4.69, 9.17) is 17.0 Å². The molecule has 5 heteroatoms. The molecule has 0 aromatic heterocycles. The zero-order chi connectivity index (χ0) is 14.2. The fourth-order valence-electron chi connectivity index (χ4n) is 2.37. The fourth-order valence-corrected chi connectivity index (χ4v) is 2.70. The number of hydrogen-bond acceptors (Lipinski definition) is 2. The molecule has 1 aliphatic rings. The molecule has 4 nitrogen and oxygen atoms in total. The average molecular weight is 294 g/mol. The number of benzene rings is 1. The molecule has 110 valence electrons. The first-order chi connectivity index (χ1) is 9.79. The maximum absolute atomic E-state index is 5.75. The van der Waals surface area contributed by atoms with Gasteiger partial charge < -0.3 is 19.9 Å². The van der Waals surface area contributed by atoms with E-state index in [1.165, 1.54) is 0 Å². The van der Waals surface area contributed by atoms with Crippen molar-refractivity contribution in [1.29, 1.82) is 0 Å². The molecular formula is C15H24N3OS+. The van der Waals surface area contributed by atoms with Crippen LogP contribution in [-0.2, 0) is 0 Å². The van der Waals surface area contributed by atoms with Gasteiger partial charge in [0.1, 0.15) is 18.9 Å². The molecule has 0 spiro atoms. The van der Waals surface area contributed by atoms with E-state index in [9.17, 15) is 0 Å². The Morgan fingerprint density at radius 2 is 2.00 bits per heavy atom. The van der Waals surface area contributed by atoms with Crippen molar-refractivity contribution in [3.05, 3.63) is 30.3 Å². The van der Waals surface area contributed by atoms with E-state index in [1.807, 2.05) is 30.3 Å². The van der Waals surface area contributed by atoms with Crippen molar-refractivity contribution in [2.75, 3.05) is 45.9 Å². The lowest BCUT2D eigenvalue weighted by Gasteiger charge is -2.33. The summed E-state index contributed by atoms with van der Waals surface area (Å²) in [5.74, 6) is 0.957. The average Bonchev–Trinajstić information content (AvgIpc) is 2.49. The molecule has 0 unspecified atom stereocenters. The van der Waals surface area contributed by atoms with E-state index in [1.54, 1.807) is 4.90 Å².